The predicted octanol–water partition coefficient (Wildman–Crippen LogP) is 2.05. The summed E-state index contributed by atoms with van der Waals surface area (Å²) in [4.78, 5) is 6.66. The van der Waals surface area contributed by atoms with E-state index in [4.69, 9.17) is 11.6 Å². The molecule has 2 aromatic rings. The second-order valence-electron chi connectivity index (χ2n) is 6.06. The van der Waals surface area contributed by atoms with Crippen LogP contribution in [0.25, 0.3) is 0 Å². The van der Waals surface area contributed by atoms with Crippen molar-refractivity contribution in [2.45, 2.75) is 18.4 Å². The van der Waals surface area contributed by atoms with Crippen LogP contribution in [0, 0.1) is 0 Å². The molecule has 0 aliphatic carbocycles. The number of halogens is 1. The van der Waals surface area contributed by atoms with Crippen molar-refractivity contribution in [2.75, 3.05) is 26.7 Å². The topological polar surface area (TPSA) is 78.7 Å². The van der Waals surface area contributed by atoms with E-state index in [0.717, 1.165) is 18.2 Å². The van der Waals surface area contributed by atoms with Crippen molar-refractivity contribution in [3.63, 3.8) is 0 Å². The number of nitrogens with zero attached hydrogens (tertiary/aromatic N) is 3. The number of aliphatic imine (C=N–C) groups is 1. The van der Waals surface area contributed by atoms with Crippen LogP contribution in [-0.2, 0) is 23.6 Å². The zero-order valence-corrected chi connectivity index (χ0v) is 17.4. The van der Waals surface area contributed by atoms with E-state index in [2.05, 4.69) is 25.7 Å². The highest BCUT2D eigenvalue weighted by atomic mass is 35.5. The van der Waals surface area contributed by atoms with E-state index >= 15 is 0 Å². The van der Waals surface area contributed by atoms with Gasteiger partial charge >= 0.3 is 0 Å². The van der Waals surface area contributed by atoms with Gasteiger partial charge in [-0.15, -0.1) is 0 Å². The molecule has 0 saturated carbocycles. The quantitative estimate of drug-likeness (QED) is 0.396. The lowest BCUT2D eigenvalue weighted by Gasteiger charge is -2.22. The molecule has 148 valence electrons. The second kappa shape index (κ2) is 9.77. The first-order chi connectivity index (χ1) is 12.8. The Labute approximate surface area is 166 Å². The van der Waals surface area contributed by atoms with Crippen LogP contribution in [0.4, 0.5) is 0 Å². The molecule has 0 bridgehead atoms. The molecular weight excluding hydrogens is 386 g/mol. The molecule has 0 atom stereocenters. The third-order valence-corrected chi connectivity index (χ3v) is 5.61. The van der Waals surface area contributed by atoms with Gasteiger partial charge in [0.2, 0.25) is 10.0 Å². The van der Waals surface area contributed by atoms with Crippen LogP contribution in [0.3, 0.4) is 0 Å². The van der Waals surface area contributed by atoms with E-state index in [1.54, 1.807) is 12.1 Å². The van der Waals surface area contributed by atoms with Gasteiger partial charge in [-0.2, -0.15) is 0 Å². The van der Waals surface area contributed by atoms with Gasteiger partial charge in [-0.05, 0) is 37.3 Å². The Kier molecular flexibility index (Phi) is 7.70. The predicted molar refractivity (Wildman–Crippen MR) is 109 cm³/mol. The summed E-state index contributed by atoms with van der Waals surface area (Å²) in [5, 5.41) is 3.61. The molecule has 1 heterocycles. The van der Waals surface area contributed by atoms with Gasteiger partial charge in [0.05, 0.1) is 18.0 Å². The van der Waals surface area contributed by atoms with Gasteiger partial charge in [0.15, 0.2) is 5.96 Å². The summed E-state index contributed by atoms with van der Waals surface area (Å²) in [7, 11) is 0.346. The van der Waals surface area contributed by atoms with Crippen LogP contribution in [0.1, 0.15) is 12.6 Å². The lowest BCUT2D eigenvalue weighted by Crippen LogP contribution is -2.39. The van der Waals surface area contributed by atoms with Crippen LogP contribution in [0.15, 0.2) is 52.5 Å². The van der Waals surface area contributed by atoms with Crippen LogP contribution >= 0.6 is 11.6 Å². The van der Waals surface area contributed by atoms with Gasteiger partial charge in [-0.3, -0.25) is 4.99 Å². The van der Waals surface area contributed by atoms with E-state index in [1.165, 1.54) is 12.1 Å². The Morgan fingerprint density at radius 3 is 2.70 bits per heavy atom. The summed E-state index contributed by atoms with van der Waals surface area (Å²) in [5.41, 5.74) is 1.16. The fraction of sp³-hybridized carbons (Fsp3) is 0.389. The Morgan fingerprint density at radius 2 is 2.07 bits per heavy atom. The van der Waals surface area contributed by atoms with Crippen molar-refractivity contribution in [1.82, 2.24) is 19.5 Å². The van der Waals surface area contributed by atoms with Gasteiger partial charge < -0.3 is 14.8 Å². The number of aromatic nitrogens is 1. The summed E-state index contributed by atoms with van der Waals surface area (Å²) in [6.45, 7) is 3.93. The molecule has 0 aliphatic heterocycles. The highest BCUT2D eigenvalue weighted by molar-refractivity contribution is 7.89. The van der Waals surface area contributed by atoms with Gasteiger partial charge in [-0.25, -0.2) is 13.1 Å². The fourth-order valence-corrected chi connectivity index (χ4v) is 3.83. The van der Waals surface area contributed by atoms with Gasteiger partial charge in [-0.1, -0.05) is 17.7 Å². The largest absolute Gasteiger partial charge is 0.357 e. The number of hydrogen-bond acceptors (Lipinski definition) is 3. The average molecular weight is 412 g/mol. The maximum absolute atomic E-state index is 12.3. The molecule has 27 heavy (non-hydrogen) atoms. The van der Waals surface area contributed by atoms with Gasteiger partial charge in [0, 0.05) is 44.1 Å². The molecule has 9 heteroatoms. The number of sulfonamides is 1. The summed E-state index contributed by atoms with van der Waals surface area (Å²) in [5.74, 6) is 0.723. The SMILES string of the molecule is CCNC(=NCCNS(=O)(=O)c1cccc(Cl)c1)N(C)Cc1cccn1C. The van der Waals surface area contributed by atoms with Crippen molar-refractivity contribution < 1.29 is 8.42 Å². The highest BCUT2D eigenvalue weighted by Gasteiger charge is 2.13. The molecule has 7 nitrogen and oxygen atoms in total. The molecule has 0 fully saturated rings. The highest BCUT2D eigenvalue weighted by Crippen LogP contribution is 2.14. The van der Waals surface area contributed by atoms with Crippen molar-refractivity contribution in [3.05, 3.63) is 53.3 Å². The lowest BCUT2D eigenvalue weighted by molar-refractivity contribution is 0.462. The number of benzene rings is 1. The Hall–Kier alpha value is -2.03. The van der Waals surface area contributed by atoms with E-state index < -0.39 is 10.0 Å². The molecule has 0 saturated heterocycles. The number of rotatable bonds is 8. The van der Waals surface area contributed by atoms with Crippen LogP contribution in [0.5, 0.6) is 0 Å². The minimum atomic E-state index is -3.60. The minimum absolute atomic E-state index is 0.145. The first-order valence-electron chi connectivity index (χ1n) is 8.68. The third-order valence-electron chi connectivity index (χ3n) is 3.92. The van der Waals surface area contributed by atoms with Crippen molar-refractivity contribution >= 4 is 27.6 Å². The number of aryl methyl sites for hydroxylation is 1. The molecule has 0 spiro atoms. The number of guanidine groups is 1. The van der Waals surface area contributed by atoms with Crippen LogP contribution in [0.2, 0.25) is 5.02 Å². The lowest BCUT2D eigenvalue weighted by atomic mass is 10.4. The van der Waals surface area contributed by atoms with Crippen molar-refractivity contribution in [3.8, 4) is 0 Å². The molecule has 0 amide bonds. The molecule has 0 unspecified atom stereocenters. The smallest absolute Gasteiger partial charge is 0.240 e. The maximum atomic E-state index is 12.3. The van der Waals surface area contributed by atoms with E-state index in [0.29, 0.717) is 18.1 Å². The zero-order valence-electron chi connectivity index (χ0n) is 15.8. The summed E-state index contributed by atoms with van der Waals surface area (Å²) < 4.78 is 29.2. The van der Waals surface area contributed by atoms with Crippen molar-refractivity contribution in [2.24, 2.45) is 12.0 Å². The Morgan fingerprint density at radius 1 is 1.30 bits per heavy atom. The number of hydrogen-bond donors (Lipinski definition) is 2. The number of nitrogens with one attached hydrogen (secondary N) is 2. The first-order valence-corrected chi connectivity index (χ1v) is 10.5. The minimum Gasteiger partial charge on any atom is -0.357 e. The Balaban J connectivity index is 1.95. The van der Waals surface area contributed by atoms with Gasteiger partial charge in [0.25, 0.3) is 0 Å². The molecular formula is C18H26ClN5O2S. The summed E-state index contributed by atoms with van der Waals surface area (Å²) in [6.07, 6.45) is 2.00. The standard InChI is InChI=1S/C18H26ClN5O2S/c1-4-20-18(24(3)14-16-8-6-12-23(16)2)21-10-11-22-27(25,26)17-9-5-7-15(19)13-17/h5-9,12-13,22H,4,10-11,14H2,1-3H3,(H,20,21). The van der Waals surface area contributed by atoms with Crippen LogP contribution < -0.4 is 10.0 Å². The Bertz CT molecular complexity index is 879. The van der Waals surface area contributed by atoms with E-state index in [1.807, 2.05) is 38.2 Å². The van der Waals surface area contributed by atoms with Crippen LogP contribution in [-0.4, -0.2) is 50.5 Å². The first kappa shape index (κ1) is 21.3. The fourth-order valence-electron chi connectivity index (χ4n) is 2.51. The zero-order chi connectivity index (χ0) is 19.9. The molecule has 1 aromatic heterocycles. The molecule has 0 radical (unpaired) electrons. The molecule has 2 rings (SSSR count). The molecule has 1 aromatic carbocycles. The summed E-state index contributed by atoms with van der Waals surface area (Å²) in [6, 6.07) is 10.2. The molecule has 2 N–H and O–H groups in total. The third kappa shape index (κ3) is 6.27. The second-order valence-corrected chi connectivity index (χ2v) is 8.26. The normalized spacial score (nSPS) is 12.2. The van der Waals surface area contributed by atoms with E-state index in [9.17, 15) is 8.42 Å². The van der Waals surface area contributed by atoms with E-state index in [-0.39, 0.29) is 11.4 Å². The average Bonchev–Trinajstić information content (AvgIpc) is 3.02. The molecule has 0 aliphatic rings. The van der Waals surface area contributed by atoms with Crippen molar-refractivity contribution in [1.29, 1.82) is 0 Å². The van der Waals surface area contributed by atoms with Gasteiger partial charge in [0.1, 0.15) is 0 Å². The monoisotopic (exact) mass is 411 g/mol. The maximum Gasteiger partial charge on any atom is 0.240 e. The summed E-state index contributed by atoms with van der Waals surface area (Å²) >= 11 is 5.86.